The molecular formula is C26H21ClN2O6S. The summed E-state index contributed by atoms with van der Waals surface area (Å²) in [7, 11) is 3.03. The second-order valence-electron chi connectivity index (χ2n) is 7.30. The van der Waals surface area contributed by atoms with Gasteiger partial charge in [0.2, 0.25) is 0 Å². The lowest BCUT2D eigenvalue weighted by Crippen LogP contribution is -2.24. The highest BCUT2D eigenvalue weighted by Gasteiger charge is 2.20. The molecule has 0 aliphatic heterocycles. The van der Waals surface area contributed by atoms with Crippen LogP contribution in [0.2, 0.25) is 5.02 Å². The minimum atomic E-state index is -0.579. The summed E-state index contributed by atoms with van der Waals surface area (Å²) < 4.78 is 22.3. The number of nitrogens with one attached hydrogen (secondary N) is 1. The summed E-state index contributed by atoms with van der Waals surface area (Å²) in [6.45, 7) is -0.206. The molecule has 0 bridgehead atoms. The first-order valence-corrected chi connectivity index (χ1v) is 11.8. The van der Waals surface area contributed by atoms with E-state index in [-0.39, 0.29) is 12.4 Å². The second-order valence-corrected chi connectivity index (χ2v) is 8.73. The summed E-state index contributed by atoms with van der Waals surface area (Å²) in [6, 6.07) is 19.2. The van der Waals surface area contributed by atoms with Crippen LogP contribution in [0.1, 0.15) is 15.2 Å². The lowest BCUT2D eigenvalue weighted by atomic mass is 10.2. The Labute approximate surface area is 216 Å². The highest BCUT2D eigenvalue weighted by molar-refractivity contribution is 7.21. The largest absolute Gasteiger partial charge is 0.497 e. The van der Waals surface area contributed by atoms with Crippen molar-refractivity contribution in [2.75, 3.05) is 20.8 Å². The van der Waals surface area contributed by atoms with Crippen molar-refractivity contribution < 1.29 is 28.5 Å². The Morgan fingerprint density at radius 2 is 1.72 bits per heavy atom. The van der Waals surface area contributed by atoms with Gasteiger partial charge in [0.15, 0.2) is 18.1 Å². The van der Waals surface area contributed by atoms with Crippen LogP contribution in [0.15, 0.2) is 71.8 Å². The maximum Gasteiger partial charge on any atom is 0.355 e. The molecular weight excluding hydrogens is 504 g/mol. The number of halogens is 1. The molecule has 0 unspecified atom stereocenters. The van der Waals surface area contributed by atoms with Crippen molar-refractivity contribution in [3.05, 3.63) is 82.2 Å². The summed E-state index contributed by atoms with van der Waals surface area (Å²) in [5.74, 6) is 0.756. The molecule has 4 rings (SSSR count). The maximum atomic E-state index is 12.8. The third-order valence-electron chi connectivity index (χ3n) is 4.94. The van der Waals surface area contributed by atoms with Crippen LogP contribution in [-0.2, 0) is 4.79 Å². The topological polar surface area (TPSA) is 95.5 Å². The monoisotopic (exact) mass is 524 g/mol. The zero-order valence-electron chi connectivity index (χ0n) is 19.3. The Kier molecular flexibility index (Phi) is 8.04. The van der Waals surface area contributed by atoms with Gasteiger partial charge in [0, 0.05) is 10.1 Å². The Bertz CT molecular complexity index is 1420. The number of benzene rings is 3. The lowest BCUT2D eigenvalue weighted by Gasteiger charge is -2.09. The first-order chi connectivity index (χ1) is 17.5. The van der Waals surface area contributed by atoms with Gasteiger partial charge in [0.25, 0.3) is 5.91 Å². The summed E-state index contributed by atoms with van der Waals surface area (Å²) in [5, 5.41) is 5.08. The van der Waals surface area contributed by atoms with Gasteiger partial charge in [-0.05, 0) is 54.1 Å². The van der Waals surface area contributed by atoms with Crippen LogP contribution in [-0.4, -0.2) is 38.9 Å². The minimum absolute atomic E-state index is 0.206. The van der Waals surface area contributed by atoms with E-state index in [2.05, 4.69) is 10.5 Å². The molecule has 1 amide bonds. The van der Waals surface area contributed by atoms with E-state index in [0.29, 0.717) is 32.7 Å². The number of methoxy groups -OCH3 is 2. The van der Waals surface area contributed by atoms with Crippen molar-refractivity contribution in [1.82, 2.24) is 5.43 Å². The number of thiophene rings is 1. The SMILES string of the molecule is COc1ccc(OCC(=O)N/N=C\c2ccc(OC(=O)c3sc4ccccc4c3Cl)c(OC)c2)cc1. The van der Waals surface area contributed by atoms with Crippen LogP contribution in [0.3, 0.4) is 0 Å². The van der Waals surface area contributed by atoms with Gasteiger partial charge in [0.1, 0.15) is 16.4 Å². The zero-order chi connectivity index (χ0) is 25.5. The summed E-state index contributed by atoms with van der Waals surface area (Å²) in [5.41, 5.74) is 3.00. The highest BCUT2D eigenvalue weighted by Crippen LogP contribution is 2.37. The summed E-state index contributed by atoms with van der Waals surface area (Å²) >= 11 is 7.64. The number of fused-ring (bicyclic) bond motifs is 1. The number of nitrogens with zero attached hydrogens (tertiary/aromatic N) is 1. The van der Waals surface area contributed by atoms with E-state index in [9.17, 15) is 9.59 Å². The zero-order valence-corrected chi connectivity index (χ0v) is 20.9. The Balaban J connectivity index is 1.35. The van der Waals surface area contributed by atoms with Gasteiger partial charge in [-0.2, -0.15) is 5.10 Å². The fraction of sp³-hybridized carbons (Fsp3) is 0.115. The van der Waals surface area contributed by atoms with Crippen LogP contribution in [0.5, 0.6) is 23.0 Å². The number of carbonyl (C=O) groups is 2. The van der Waals surface area contributed by atoms with Gasteiger partial charge in [-0.3, -0.25) is 4.79 Å². The van der Waals surface area contributed by atoms with Crippen LogP contribution >= 0.6 is 22.9 Å². The lowest BCUT2D eigenvalue weighted by molar-refractivity contribution is -0.123. The fourth-order valence-corrected chi connectivity index (χ4v) is 4.56. The maximum absolute atomic E-state index is 12.8. The number of hydrazone groups is 1. The molecule has 0 atom stereocenters. The van der Waals surface area contributed by atoms with E-state index >= 15 is 0 Å². The number of hydrogen-bond acceptors (Lipinski definition) is 8. The number of rotatable bonds is 9. The molecule has 0 aliphatic carbocycles. The molecule has 0 aliphatic rings. The molecule has 0 radical (unpaired) electrons. The quantitative estimate of drug-likeness (QED) is 0.138. The minimum Gasteiger partial charge on any atom is -0.497 e. The average molecular weight is 525 g/mol. The molecule has 1 N–H and O–H groups in total. The molecule has 10 heteroatoms. The van der Waals surface area contributed by atoms with Crippen LogP contribution in [0.4, 0.5) is 0 Å². The van der Waals surface area contributed by atoms with Gasteiger partial charge in [0.05, 0.1) is 25.5 Å². The number of esters is 1. The molecule has 0 spiro atoms. The molecule has 4 aromatic rings. The van der Waals surface area contributed by atoms with Gasteiger partial charge in [-0.15, -0.1) is 11.3 Å². The Morgan fingerprint density at radius 1 is 0.972 bits per heavy atom. The van der Waals surface area contributed by atoms with E-state index in [1.54, 1.807) is 49.6 Å². The molecule has 3 aromatic carbocycles. The fourth-order valence-electron chi connectivity index (χ4n) is 3.17. The van der Waals surface area contributed by atoms with Crippen molar-refractivity contribution in [3.8, 4) is 23.0 Å². The highest BCUT2D eigenvalue weighted by atomic mass is 35.5. The van der Waals surface area contributed by atoms with Crippen LogP contribution in [0, 0.1) is 0 Å². The van der Waals surface area contributed by atoms with Crippen molar-refractivity contribution in [2.24, 2.45) is 5.10 Å². The van der Waals surface area contributed by atoms with E-state index < -0.39 is 11.9 Å². The van der Waals surface area contributed by atoms with Gasteiger partial charge < -0.3 is 18.9 Å². The van der Waals surface area contributed by atoms with Crippen molar-refractivity contribution in [2.45, 2.75) is 0 Å². The summed E-state index contributed by atoms with van der Waals surface area (Å²) in [6.07, 6.45) is 1.43. The van der Waals surface area contributed by atoms with Crippen molar-refractivity contribution in [3.63, 3.8) is 0 Å². The van der Waals surface area contributed by atoms with Gasteiger partial charge in [-0.25, -0.2) is 10.2 Å². The van der Waals surface area contributed by atoms with Crippen LogP contribution in [0.25, 0.3) is 10.1 Å². The van der Waals surface area contributed by atoms with Crippen LogP contribution < -0.4 is 24.4 Å². The van der Waals surface area contributed by atoms with Crippen molar-refractivity contribution >= 4 is 51.1 Å². The number of carbonyl (C=O) groups excluding carboxylic acids is 2. The van der Waals surface area contributed by atoms with E-state index in [0.717, 1.165) is 10.1 Å². The van der Waals surface area contributed by atoms with E-state index in [1.807, 2.05) is 24.3 Å². The molecule has 36 heavy (non-hydrogen) atoms. The normalized spacial score (nSPS) is 10.9. The van der Waals surface area contributed by atoms with E-state index in [4.69, 9.17) is 30.5 Å². The van der Waals surface area contributed by atoms with Gasteiger partial charge >= 0.3 is 5.97 Å². The Hall–Kier alpha value is -4.08. The second kappa shape index (κ2) is 11.6. The number of ether oxygens (including phenoxy) is 4. The Morgan fingerprint density at radius 3 is 2.44 bits per heavy atom. The molecule has 0 fully saturated rings. The first kappa shape index (κ1) is 25.0. The van der Waals surface area contributed by atoms with Gasteiger partial charge in [-0.1, -0.05) is 29.8 Å². The number of hydrogen-bond donors (Lipinski definition) is 1. The third kappa shape index (κ3) is 5.94. The average Bonchev–Trinajstić information content (AvgIpc) is 3.25. The molecule has 8 nitrogen and oxygen atoms in total. The summed E-state index contributed by atoms with van der Waals surface area (Å²) in [4.78, 5) is 25.1. The molecule has 1 aromatic heterocycles. The predicted molar refractivity (Wildman–Crippen MR) is 139 cm³/mol. The molecule has 0 saturated carbocycles. The first-order valence-electron chi connectivity index (χ1n) is 10.6. The molecule has 0 saturated heterocycles. The van der Waals surface area contributed by atoms with E-state index in [1.165, 1.54) is 24.7 Å². The number of amides is 1. The third-order valence-corrected chi connectivity index (χ3v) is 6.60. The smallest absolute Gasteiger partial charge is 0.355 e. The van der Waals surface area contributed by atoms with Crippen molar-refractivity contribution in [1.29, 1.82) is 0 Å². The molecule has 1 heterocycles. The standard InChI is InChI=1S/C26H21ClN2O6S/c1-32-17-8-10-18(11-9-17)34-15-23(30)29-28-14-16-7-12-20(21(13-16)33-2)35-26(31)25-24(27)19-5-3-4-6-22(19)36-25/h3-14H,15H2,1-2H3,(H,29,30)/b28-14-. The molecule has 184 valence electrons. The predicted octanol–water partition coefficient (Wildman–Crippen LogP) is 5.32.